The summed E-state index contributed by atoms with van der Waals surface area (Å²) in [7, 11) is 0. The van der Waals surface area contributed by atoms with Crippen LogP contribution in [0, 0.1) is 0 Å². The first-order valence-electron chi connectivity index (χ1n) is 5.58. The molecule has 2 N–H and O–H groups in total. The Hall–Kier alpha value is -1.92. The molecule has 1 aromatic carbocycles. The van der Waals surface area contributed by atoms with Crippen molar-refractivity contribution in [2.75, 3.05) is 0 Å². The summed E-state index contributed by atoms with van der Waals surface area (Å²) < 4.78 is 0.833. The van der Waals surface area contributed by atoms with Crippen LogP contribution < -0.4 is 0 Å². The molecule has 0 atom stereocenters. The molecule has 0 saturated carbocycles. The number of aromatic carboxylic acids is 1. The maximum absolute atomic E-state index is 10.9. The number of nitrogens with zero attached hydrogens (tertiary/aromatic N) is 2. The minimum Gasteiger partial charge on any atom is -0.478 e. The first kappa shape index (κ1) is 13.1. The highest BCUT2D eigenvalue weighted by Crippen LogP contribution is 2.27. The molecule has 0 unspecified atom stereocenters. The minimum atomic E-state index is -1.03. The number of carboxylic acid groups (broad SMARTS) is 1. The summed E-state index contributed by atoms with van der Waals surface area (Å²) in [4.78, 5) is 22.3. The summed E-state index contributed by atoms with van der Waals surface area (Å²) in [6, 6.07) is 6.90. The fraction of sp³-hybridized carbons (Fsp3) is 0. The summed E-state index contributed by atoms with van der Waals surface area (Å²) in [5.41, 5.74) is 1.93. The average molecular weight is 353 g/mol. The number of hydrogen-bond acceptors (Lipinski definition) is 3. The highest BCUT2D eigenvalue weighted by atomic mass is 79.9. The number of H-pyrrole nitrogens is 1. The van der Waals surface area contributed by atoms with E-state index < -0.39 is 5.97 Å². The second-order valence-electron chi connectivity index (χ2n) is 4.14. The van der Waals surface area contributed by atoms with E-state index in [0.29, 0.717) is 22.0 Å². The largest absolute Gasteiger partial charge is 0.478 e. The van der Waals surface area contributed by atoms with Crippen LogP contribution in [0.5, 0.6) is 0 Å². The average Bonchev–Trinajstić information content (AvgIpc) is 2.80. The van der Waals surface area contributed by atoms with Crippen LogP contribution in [0.3, 0.4) is 0 Å². The Bertz CT molecular complexity index is 811. The summed E-state index contributed by atoms with van der Waals surface area (Å²) in [6.45, 7) is 0. The van der Waals surface area contributed by atoms with Gasteiger partial charge in [0.2, 0.25) is 0 Å². The number of aromatic nitrogens is 3. The van der Waals surface area contributed by atoms with E-state index in [4.69, 9.17) is 16.7 Å². The molecular weight excluding hydrogens is 346 g/mol. The number of aromatic amines is 1. The van der Waals surface area contributed by atoms with Gasteiger partial charge in [-0.05, 0) is 24.3 Å². The van der Waals surface area contributed by atoms with E-state index in [1.165, 1.54) is 12.3 Å². The van der Waals surface area contributed by atoms with Crippen molar-refractivity contribution >= 4 is 44.7 Å². The highest BCUT2D eigenvalue weighted by Gasteiger charge is 2.10. The Labute approximate surface area is 126 Å². The molecule has 2 aromatic heterocycles. The lowest BCUT2D eigenvalue weighted by atomic mass is 10.2. The van der Waals surface area contributed by atoms with Crippen molar-refractivity contribution in [3.63, 3.8) is 0 Å². The molecule has 0 aliphatic heterocycles. The zero-order valence-electron chi connectivity index (χ0n) is 9.89. The van der Waals surface area contributed by atoms with Crippen molar-refractivity contribution in [1.29, 1.82) is 0 Å². The van der Waals surface area contributed by atoms with Crippen molar-refractivity contribution < 1.29 is 9.90 Å². The van der Waals surface area contributed by atoms with E-state index in [9.17, 15) is 4.79 Å². The van der Waals surface area contributed by atoms with Gasteiger partial charge in [-0.25, -0.2) is 14.8 Å². The molecule has 0 saturated heterocycles. The molecule has 7 heteroatoms. The van der Waals surface area contributed by atoms with E-state index in [2.05, 4.69) is 30.9 Å². The van der Waals surface area contributed by atoms with Crippen molar-refractivity contribution in [2.24, 2.45) is 0 Å². The number of rotatable bonds is 2. The second kappa shape index (κ2) is 4.88. The number of carboxylic acids is 1. The normalized spacial score (nSPS) is 10.9. The van der Waals surface area contributed by atoms with Gasteiger partial charge >= 0.3 is 5.97 Å². The third-order valence-corrected chi connectivity index (χ3v) is 3.40. The first-order chi connectivity index (χ1) is 9.52. The predicted molar refractivity (Wildman–Crippen MR) is 79.0 cm³/mol. The lowest BCUT2D eigenvalue weighted by molar-refractivity contribution is 0.0696. The Balaban J connectivity index is 2.15. The molecular formula is C13H7BrClN3O2. The van der Waals surface area contributed by atoms with Gasteiger partial charge in [0, 0.05) is 21.3 Å². The summed E-state index contributed by atoms with van der Waals surface area (Å²) in [5, 5.41) is 9.52. The zero-order valence-corrected chi connectivity index (χ0v) is 12.2. The number of fused-ring (bicyclic) bond motifs is 1. The fourth-order valence-electron chi connectivity index (χ4n) is 1.84. The van der Waals surface area contributed by atoms with Crippen LogP contribution in [0.1, 0.15) is 10.4 Å². The third kappa shape index (κ3) is 2.39. The third-order valence-electron chi connectivity index (χ3n) is 2.72. The molecule has 20 heavy (non-hydrogen) atoms. The van der Waals surface area contributed by atoms with Gasteiger partial charge in [0.25, 0.3) is 0 Å². The summed E-state index contributed by atoms with van der Waals surface area (Å²) >= 11 is 9.37. The van der Waals surface area contributed by atoms with Gasteiger partial charge in [0.1, 0.15) is 5.82 Å². The second-order valence-corrected chi connectivity index (χ2v) is 5.50. The number of hydrogen-bond donors (Lipinski definition) is 2. The standard InChI is InChI=1S/C13H7BrClN3O2/c14-8-1-6(2-9(15)4-8)11-17-10-3-7(13(19)20)5-16-12(10)18-11/h1-5H,(H,19,20)(H,16,17,18). The van der Waals surface area contributed by atoms with Gasteiger partial charge < -0.3 is 10.1 Å². The number of benzene rings is 1. The van der Waals surface area contributed by atoms with Crippen molar-refractivity contribution in [3.05, 3.63) is 45.5 Å². The quantitative estimate of drug-likeness (QED) is 0.736. The number of imidazole rings is 1. The number of nitrogens with one attached hydrogen (secondary N) is 1. The van der Waals surface area contributed by atoms with Crippen LogP contribution in [0.2, 0.25) is 5.02 Å². The van der Waals surface area contributed by atoms with Crippen LogP contribution >= 0.6 is 27.5 Å². The van der Waals surface area contributed by atoms with Gasteiger partial charge in [-0.3, -0.25) is 0 Å². The Kier molecular flexibility index (Phi) is 3.19. The van der Waals surface area contributed by atoms with Crippen LogP contribution in [-0.2, 0) is 0 Å². The molecule has 100 valence electrons. The SMILES string of the molecule is O=C(O)c1cnc2nc(-c3cc(Cl)cc(Br)c3)[nH]c2c1. The van der Waals surface area contributed by atoms with E-state index in [0.717, 1.165) is 10.0 Å². The minimum absolute atomic E-state index is 0.111. The van der Waals surface area contributed by atoms with Gasteiger partial charge in [0.05, 0.1) is 11.1 Å². The molecule has 3 rings (SSSR count). The van der Waals surface area contributed by atoms with Crippen LogP contribution in [0.15, 0.2) is 34.9 Å². The maximum atomic E-state index is 10.9. The topological polar surface area (TPSA) is 78.9 Å². The first-order valence-corrected chi connectivity index (χ1v) is 6.75. The maximum Gasteiger partial charge on any atom is 0.337 e. The highest BCUT2D eigenvalue weighted by molar-refractivity contribution is 9.10. The van der Waals surface area contributed by atoms with E-state index in [-0.39, 0.29) is 5.56 Å². The zero-order chi connectivity index (χ0) is 14.3. The Morgan fingerprint density at radius 1 is 1.30 bits per heavy atom. The molecule has 0 radical (unpaired) electrons. The van der Waals surface area contributed by atoms with Crippen molar-refractivity contribution in [1.82, 2.24) is 15.0 Å². The molecule has 3 aromatic rings. The molecule has 2 heterocycles. The number of pyridine rings is 1. The lowest BCUT2D eigenvalue weighted by Gasteiger charge is -1.99. The molecule has 0 fully saturated rings. The Morgan fingerprint density at radius 3 is 2.80 bits per heavy atom. The van der Waals surface area contributed by atoms with Gasteiger partial charge in [-0.2, -0.15) is 0 Å². The van der Waals surface area contributed by atoms with E-state index in [1.54, 1.807) is 12.1 Å². The summed E-state index contributed by atoms with van der Waals surface area (Å²) in [5.74, 6) is -0.445. The predicted octanol–water partition coefficient (Wildman–Crippen LogP) is 3.74. The number of carbonyl (C=O) groups is 1. The van der Waals surface area contributed by atoms with Crippen LogP contribution in [0.25, 0.3) is 22.6 Å². The van der Waals surface area contributed by atoms with E-state index in [1.807, 2.05) is 6.07 Å². The van der Waals surface area contributed by atoms with Gasteiger partial charge in [-0.15, -0.1) is 0 Å². The fourth-order valence-corrected chi connectivity index (χ4v) is 2.70. The molecule has 5 nitrogen and oxygen atoms in total. The van der Waals surface area contributed by atoms with Gasteiger partial charge in [-0.1, -0.05) is 27.5 Å². The smallest absolute Gasteiger partial charge is 0.337 e. The van der Waals surface area contributed by atoms with Crippen LogP contribution in [-0.4, -0.2) is 26.0 Å². The lowest BCUT2D eigenvalue weighted by Crippen LogP contribution is -1.96. The molecule has 0 bridgehead atoms. The summed E-state index contributed by atoms with van der Waals surface area (Å²) in [6.07, 6.45) is 1.28. The van der Waals surface area contributed by atoms with Crippen molar-refractivity contribution in [2.45, 2.75) is 0 Å². The number of halogens is 2. The van der Waals surface area contributed by atoms with Crippen LogP contribution in [0.4, 0.5) is 0 Å². The molecule has 0 aliphatic rings. The Morgan fingerprint density at radius 2 is 2.10 bits per heavy atom. The molecule has 0 spiro atoms. The monoisotopic (exact) mass is 351 g/mol. The van der Waals surface area contributed by atoms with Gasteiger partial charge in [0.15, 0.2) is 5.65 Å². The molecule has 0 aliphatic carbocycles. The van der Waals surface area contributed by atoms with E-state index >= 15 is 0 Å². The van der Waals surface area contributed by atoms with Crippen molar-refractivity contribution in [3.8, 4) is 11.4 Å². The molecule has 0 amide bonds.